The standard InChI is InChI=1S/C28H27FN2O.C27H26FN3O.C26H26ClFN2O.C26H25FN4O/c1-3-18-4-6-19(7-5-18)28(32)31-17(2)20-12-21-14-23(15-22(21)13-20)25-10-11-30-27-9-8-24(29)16-26(25)27;1-16(31-27(32)18-4-2-17(15-29)3-5-18)19-10-20-12-22(13-21(20)11-19)24-8-9-30-26-7-6-23(28)14-25(24)26;1-15(30-26(31)16-2-4-21(27)5-3-16)17-10-18-12-20(13-19(18)11-17)23-8-9-29-25-7-6-22(28)14-24(23)25;1-15(31-26(32)25-4-2-16(13-28)14-30-25)17-8-18-10-20(11-19(18)9-17)22-6-7-29-24-5-3-21(27)12-23(22)24/h1,4-11,16-17,20-23H,12-15H2,2H3,(H,31,32);2-9,14,16,19-22H,10-13H2,1H3,(H,31,32);2-9,14-15,17-20H,10-13H2,1H3,(H,30,31);2-7,12,14-15,17-20H,8-11H2,1H3,(H,31,32)/t17?,20?,21-,22+,23?;16?,19?,20-,21+,22?;2*15?,17?,18-,19+,20?. The summed E-state index contributed by atoms with van der Waals surface area (Å²) in [5.74, 6) is 10.3. The summed E-state index contributed by atoms with van der Waals surface area (Å²) in [6.45, 7) is 8.42. The van der Waals surface area contributed by atoms with Crippen LogP contribution in [-0.4, -0.2) is 72.7 Å². The molecule has 0 bridgehead atoms. The first-order valence-corrected chi connectivity index (χ1v) is 45.5. The van der Waals surface area contributed by atoms with E-state index in [1.807, 2.05) is 30.9 Å². The van der Waals surface area contributed by atoms with Crippen molar-refractivity contribution < 1.29 is 36.7 Å². The van der Waals surface area contributed by atoms with Gasteiger partial charge < -0.3 is 21.3 Å². The Morgan fingerprint density at radius 2 is 0.598 bits per heavy atom. The molecule has 4 amide bonds. The molecule has 15 nitrogen and oxygen atoms in total. The van der Waals surface area contributed by atoms with Crippen molar-refractivity contribution in [3.05, 3.63) is 303 Å². The number of carbonyl (C=O) groups is 4. The lowest BCUT2D eigenvalue weighted by Gasteiger charge is -2.23. The number of hydrogen-bond acceptors (Lipinski definition) is 11. The van der Waals surface area contributed by atoms with Crippen molar-refractivity contribution in [3.63, 3.8) is 0 Å². The average molecular weight is 1720 g/mol. The molecule has 5 heterocycles. The number of benzene rings is 7. The van der Waals surface area contributed by atoms with Crippen LogP contribution in [0, 0.1) is 129 Å². The molecule has 20 atom stereocenters. The van der Waals surface area contributed by atoms with Gasteiger partial charge in [0, 0.05) is 104 Å². The summed E-state index contributed by atoms with van der Waals surface area (Å²) in [5.41, 5.74) is 12.3. The molecule has 20 heteroatoms. The van der Waals surface area contributed by atoms with E-state index in [-0.39, 0.29) is 71.1 Å². The Balaban J connectivity index is 0.000000119. The maximum absolute atomic E-state index is 13.9. The monoisotopic (exact) mass is 1720 g/mol. The number of carbonyl (C=O) groups excluding carboxylic acids is 4. The number of aromatic nitrogens is 5. The molecule has 8 saturated carbocycles. The van der Waals surface area contributed by atoms with Crippen LogP contribution in [0.15, 0.2) is 213 Å². The van der Waals surface area contributed by atoms with Crippen molar-refractivity contribution in [1.82, 2.24) is 46.2 Å². The van der Waals surface area contributed by atoms with E-state index in [4.69, 9.17) is 28.5 Å². The molecule has 0 saturated heterocycles. The van der Waals surface area contributed by atoms with E-state index < -0.39 is 0 Å². The van der Waals surface area contributed by atoms with Gasteiger partial charge in [0.2, 0.25) is 0 Å². The molecule has 0 radical (unpaired) electrons. The van der Waals surface area contributed by atoms with E-state index in [9.17, 15) is 36.7 Å². The van der Waals surface area contributed by atoms with Gasteiger partial charge >= 0.3 is 0 Å². The smallest absolute Gasteiger partial charge is 0.270 e. The number of rotatable bonds is 16. The van der Waals surface area contributed by atoms with E-state index in [1.54, 1.807) is 133 Å². The maximum atomic E-state index is 13.9. The van der Waals surface area contributed by atoms with Gasteiger partial charge in [0.05, 0.1) is 39.3 Å². The third-order valence-corrected chi connectivity index (χ3v) is 30.3. The zero-order chi connectivity index (χ0) is 88.3. The van der Waals surface area contributed by atoms with Gasteiger partial charge in [-0.1, -0.05) is 17.5 Å². The summed E-state index contributed by atoms with van der Waals surface area (Å²) in [6.07, 6.45) is 32.1. The fourth-order valence-corrected chi connectivity index (χ4v) is 23.6. The predicted octanol–water partition coefficient (Wildman–Crippen LogP) is 22.6. The van der Waals surface area contributed by atoms with Crippen molar-refractivity contribution >= 4 is 78.8 Å². The lowest BCUT2D eigenvalue weighted by Crippen LogP contribution is -2.37. The van der Waals surface area contributed by atoms with E-state index in [0.29, 0.717) is 133 Å². The molecule has 8 fully saturated rings. The first-order valence-electron chi connectivity index (χ1n) is 45.1. The van der Waals surface area contributed by atoms with Crippen molar-refractivity contribution in [2.75, 3.05) is 0 Å². The number of pyridine rings is 5. The van der Waals surface area contributed by atoms with Gasteiger partial charge in [0.25, 0.3) is 23.6 Å². The van der Waals surface area contributed by atoms with E-state index in [0.717, 1.165) is 152 Å². The number of nitrogens with zero attached hydrogens (tertiary/aromatic N) is 7. The van der Waals surface area contributed by atoms with Gasteiger partial charge in [-0.3, -0.25) is 39.1 Å². The molecule has 4 N–H and O–H groups in total. The largest absolute Gasteiger partial charge is 0.349 e. The highest BCUT2D eigenvalue weighted by atomic mass is 35.5. The fraction of sp³-hybridized carbons (Fsp3) is 0.374. The van der Waals surface area contributed by atoms with Gasteiger partial charge in [-0.2, -0.15) is 10.5 Å². The Kier molecular flexibility index (Phi) is 26.1. The molecule has 0 spiro atoms. The number of nitriles is 2. The minimum Gasteiger partial charge on any atom is -0.349 e. The number of hydrogen-bond donors (Lipinski definition) is 4. The average Bonchev–Trinajstić information content (AvgIpc) is 1.72. The van der Waals surface area contributed by atoms with Crippen LogP contribution in [0.3, 0.4) is 0 Å². The molecule has 8 aliphatic rings. The Hall–Kier alpha value is -12.2. The lowest BCUT2D eigenvalue weighted by atomic mass is 9.88. The Morgan fingerprint density at radius 3 is 0.858 bits per heavy atom. The number of terminal acetylenes is 1. The molecule has 5 aromatic heterocycles. The van der Waals surface area contributed by atoms with Crippen LogP contribution in [0.2, 0.25) is 5.02 Å². The Labute approximate surface area is 744 Å². The quantitative estimate of drug-likeness (QED) is 0.0525. The van der Waals surface area contributed by atoms with Crippen molar-refractivity contribution in [2.45, 2.75) is 178 Å². The van der Waals surface area contributed by atoms with E-state index >= 15 is 0 Å². The van der Waals surface area contributed by atoms with Crippen molar-refractivity contribution in [3.8, 4) is 24.5 Å². The highest BCUT2D eigenvalue weighted by Gasteiger charge is 2.48. The third-order valence-electron chi connectivity index (χ3n) is 30.0. The van der Waals surface area contributed by atoms with Gasteiger partial charge in [-0.05, 0) is 429 Å². The van der Waals surface area contributed by atoms with Crippen molar-refractivity contribution in [1.29, 1.82) is 10.5 Å². The molecule has 20 rings (SSSR count). The van der Waals surface area contributed by atoms with Crippen molar-refractivity contribution in [2.24, 2.45) is 71.0 Å². The topological polar surface area (TPSA) is 228 Å². The van der Waals surface area contributed by atoms with Crippen LogP contribution in [0.4, 0.5) is 17.6 Å². The number of halogens is 5. The van der Waals surface area contributed by atoms with E-state index in [2.05, 4.69) is 110 Å². The minimum atomic E-state index is -0.216. The zero-order valence-corrected chi connectivity index (χ0v) is 72.6. The molecule has 7 aromatic carbocycles. The second-order valence-corrected chi connectivity index (χ2v) is 37.9. The summed E-state index contributed by atoms with van der Waals surface area (Å²) in [7, 11) is 0. The maximum Gasteiger partial charge on any atom is 0.270 e. The van der Waals surface area contributed by atoms with Gasteiger partial charge in [-0.15, -0.1) is 6.42 Å². The second kappa shape index (κ2) is 38.1. The second-order valence-electron chi connectivity index (χ2n) is 37.4. The van der Waals surface area contributed by atoms with Crippen LogP contribution >= 0.6 is 11.6 Å². The molecular formula is C107H104ClF4N11O4. The van der Waals surface area contributed by atoms with Crippen LogP contribution in [0.5, 0.6) is 0 Å². The summed E-state index contributed by atoms with van der Waals surface area (Å²) < 4.78 is 55.4. The Bertz CT molecular complexity index is 5710. The normalized spacial score (nSPS) is 25.5. The van der Waals surface area contributed by atoms with Gasteiger partial charge in [0.15, 0.2) is 0 Å². The zero-order valence-electron chi connectivity index (χ0n) is 71.8. The first-order chi connectivity index (χ1) is 61.5. The SMILES string of the molecule is C#Cc1ccc(C(=O)NC(C)C2C[C@H]3CC(c4ccnc5ccc(F)cc45)C[C@H]3C2)cc1.CC(NC(=O)c1ccc(C#N)cc1)C1C[C@H]2CC(c3ccnc4ccc(F)cc34)C[C@H]2C1.CC(NC(=O)c1ccc(C#N)cn1)C1C[C@H]2CC(c3ccnc4ccc(F)cc34)C[C@H]2C1.CC(NC(=O)c1ccc(Cl)cc1)C1C[C@H]2CC(c3ccnc4ccc(F)cc34)C[C@H]2C1. The summed E-state index contributed by atoms with van der Waals surface area (Å²) in [6, 6.07) is 56.4. The van der Waals surface area contributed by atoms with Crippen LogP contribution in [0.25, 0.3) is 43.6 Å². The van der Waals surface area contributed by atoms with Crippen LogP contribution in [-0.2, 0) is 0 Å². The molecule has 8 aliphatic carbocycles. The highest BCUT2D eigenvalue weighted by molar-refractivity contribution is 6.30. The number of fused-ring (bicyclic) bond motifs is 8. The van der Waals surface area contributed by atoms with Gasteiger partial charge in [0.1, 0.15) is 35.0 Å². The predicted molar refractivity (Wildman–Crippen MR) is 487 cm³/mol. The fourth-order valence-electron chi connectivity index (χ4n) is 23.5. The molecule has 127 heavy (non-hydrogen) atoms. The third kappa shape index (κ3) is 19.5. The molecule has 12 aromatic rings. The number of nitrogens with one attached hydrogen (secondary N) is 4. The molecular weight excluding hydrogens is 1610 g/mol. The van der Waals surface area contributed by atoms with Crippen LogP contribution < -0.4 is 21.3 Å². The highest BCUT2D eigenvalue weighted by Crippen LogP contribution is 2.58. The summed E-state index contributed by atoms with van der Waals surface area (Å²) >= 11 is 5.92. The lowest BCUT2D eigenvalue weighted by molar-refractivity contribution is 0.0913. The van der Waals surface area contributed by atoms with Gasteiger partial charge in [-0.25, -0.2) is 22.5 Å². The summed E-state index contributed by atoms with van der Waals surface area (Å²) in [5, 5.41) is 34.9. The molecule has 12 unspecified atom stereocenters. The molecule has 0 aliphatic heterocycles. The first kappa shape index (κ1) is 86.9. The number of amides is 4. The molecule has 646 valence electrons. The van der Waals surface area contributed by atoms with E-state index in [1.165, 1.54) is 52.7 Å². The van der Waals surface area contributed by atoms with Crippen LogP contribution in [0.1, 0.15) is 235 Å². The Morgan fingerprint density at radius 1 is 0.339 bits per heavy atom. The minimum absolute atomic E-state index is 0.0376. The summed E-state index contributed by atoms with van der Waals surface area (Å²) in [4.78, 5) is 72.1.